The van der Waals surface area contributed by atoms with Gasteiger partial charge in [-0.15, -0.1) is 0 Å². The Kier molecular flexibility index (Phi) is 2.14. The molecule has 2 rings (SSSR count). The molecule has 0 radical (unpaired) electrons. The molecule has 0 aliphatic carbocycles. The van der Waals surface area contributed by atoms with Crippen LogP contribution >= 0.6 is 0 Å². The van der Waals surface area contributed by atoms with Gasteiger partial charge in [0.25, 0.3) is 0 Å². The summed E-state index contributed by atoms with van der Waals surface area (Å²) >= 11 is 0. The van der Waals surface area contributed by atoms with E-state index in [4.69, 9.17) is 5.73 Å². The van der Waals surface area contributed by atoms with Gasteiger partial charge in [0.05, 0.1) is 0 Å². The van der Waals surface area contributed by atoms with Gasteiger partial charge in [0.2, 0.25) is 0 Å². The first kappa shape index (κ1) is 9.38. The van der Waals surface area contributed by atoms with E-state index in [1.54, 1.807) is 0 Å². The Hall–Kier alpha value is -1.18. The van der Waals surface area contributed by atoms with Crippen molar-refractivity contribution in [1.82, 2.24) is 0 Å². The van der Waals surface area contributed by atoms with Crippen LogP contribution in [0.3, 0.4) is 0 Å². The molecular weight excluding hydrogens is 172 g/mol. The van der Waals surface area contributed by atoms with Crippen LogP contribution < -0.4 is 10.6 Å². The standard InChI is InChI=1S/C12H18N2/c1-8-6-14(7-8)12-9(2)4-5-11(13)10(12)3/h4-5,8H,6-7,13H2,1-3H3. The van der Waals surface area contributed by atoms with E-state index in [9.17, 15) is 0 Å². The predicted octanol–water partition coefficient (Wildman–Crippen LogP) is 2.34. The van der Waals surface area contributed by atoms with Crippen molar-refractivity contribution in [3.8, 4) is 0 Å². The molecule has 2 heteroatoms. The maximum atomic E-state index is 5.91. The van der Waals surface area contributed by atoms with E-state index in [1.165, 1.54) is 29.9 Å². The van der Waals surface area contributed by atoms with Gasteiger partial charge >= 0.3 is 0 Å². The van der Waals surface area contributed by atoms with Crippen molar-refractivity contribution >= 4 is 11.4 Å². The molecule has 0 unspecified atom stereocenters. The van der Waals surface area contributed by atoms with Gasteiger partial charge in [0.15, 0.2) is 0 Å². The average molecular weight is 190 g/mol. The van der Waals surface area contributed by atoms with Crippen LogP contribution in [0.5, 0.6) is 0 Å². The van der Waals surface area contributed by atoms with Crippen LogP contribution in [0.15, 0.2) is 12.1 Å². The van der Waals surface area contributed by atoms with Gasteiger partial charge in [-0.3, -0.25) is 0 Å². The number of rotatable bonds is 1. The van der Waals surface area contributed by atoms with Crippen LogP contribution in [-0.4, -0.2) is 13.1 Å². The molecule has 0 spiro atoms. The molecule has 1 fully saturated rings. The molecule has 0 atom stereocenters. The summed E-state index contributed by atoms with van der Waals surface area (Å²) in [5.74, 6) is 0.829. The number of nitrogen functional groups attached to an aromatic ring is 1. The lowest BCUT2D eigenvalue weighted by molar-refractivity contribution is 0.446. The lowest BCUT2D eigenvalue weighted by Crippen LogP contribution is -2.45. The number of nitrogens with two attached hydrogens (primary N) is 1. The largest absolute Gasteiger partial charge is 0.398 e. The molecule has 0 aromatic heterocycles. The molecule has 1 aromatic rings. The Morgan fingerprint density at radius 2 is 1.93 bits per heavy atom. The minimum Gasteiger partial charge on any atom is -0.398 e. The van der Waals surface area contributed by atoms with Crippen LogP contribution in [0, 0.1) is 19.8 Å². The predicted molar refractivity (Wildman–Crippen MR) is 61.7 cm³/mol. The number of anilines is 2. The second-order valence-corrected chi connectivity index (χ2v) is 4.46. The second kappa shape index (κ2) is 3.19. The van der Waals surface area contributed by atoms with E-state index in [0.717, 1.165) is 11.6 Å². The van der Waals surface area contributed by atoms with Crippen LogP contribution in [-0.2, 0) is 0 Å². The number of benzene rings is 1. The van der Waals surface area contributed by atoms with Crippen LogP contribution in [0.2, 0.25) is 0 Å². The first-order valence-corrected chi connectivity index (χ1v) is 5.20. The Labute approximate surface area is 85.7 Å². The van der Waals surface area contributed by atoms with E-state index in [1.807, 2.05) is 6.07 Å². The zero-order valence-electron chi connectivity index (χ0n) is 9.17. The molecule has 0 saturated carbocycles. The molecule has 14 heavy (non-hydrogen) atoms. The van der Waals surface area contributed by atoms with E-state index < -0.39 is 0 Å². The summed E-state index contributed by atoms with van der Waals surface area (Å²) in [7, 11) is 0. The molecule has 0 amide bonds. The van der Waals surface area contributed by atoms with E-state index in [-0.39, 0.29) is 0 Å². The highest BCUT2D eigenvalue weighted by atomic mass is 15.2. The highest BCUT2D eigenvalue weighted by Gasteiger charge is 2.25. The van der Waals surface area contributed by atoms with Crippen molar-refractivity contribution in [2.75, 3.05) is 23.7 Å². The van der Waals surface area contributed by atoms with E-state index >= 15 is 0 Å². The number of hydrogen-bond donors (Lipinski definition) is 1. The fraction of sp³-hybridized carbons (Fsp3) is 0.500. The fourth-order valence-electron chi connectivity index (χ4n) is 2.22. The van der Waals surface area contributed by atoms with Crippen molar-refractivity contribution < 1.29 is 0 Å². The van der Waals surface area contributed by atoms with Crippen molar-refractivity contribution in [2.24, 2.45) is 5.92 Å². The SMILES string of the molecule is Cc1ccc(N)c(C)c1N1CC(C)C1. The van der Waals surface area contributed by atoms with Gasteiger partial charge in [0.1, 0.15) is 0 Å². The highest BCUT2D eigenvalue weighted by molar-refractivity contribution is 5.69. The molecule has 1 aromatic carbocycles. The number of hydrogen-bond acceptors (Lipinski definition) is 2. The molecule has 2 nitrogen and oxygen atoms in total. The smallest absolute Gasteiger partial charge is 0.0446 e. The Balaban J connectivity index is 2.36. The Morgan fingerprint density at radius 3 is 2.50 bits per heavy atom. The van der Waals surface area contributed by atoms with Gasteiger partial charge < -0.3 is 10.6 Å². The third-order valence-corrected chi connectivity index (χ3v) is 3.05. The third kappa shape index (κ3) is 1.35. The van der Waals surface area contributed by atoms with Gasteiger partial charge in [-0.05, 0) is 37.0 Å². The lowest BCUT2D eigenvalue weighted by Gasteiger charge is -2.41. The molecular formula is C12H18N2. The molecule has 1 aliphatic heterocycles. The fourth-order valence-corrected chi connectivity index (χ4v) is 2.22. The van der Waals surface area contributed by atoms with Gasteiger partial charge in [-0.1, -0.05) is 13.0 Å². The minimum absolute atomic E-state index is 0.829. The van der Waals surface area contributed by atoms with Crippen molar-refractivity contribution in [1.29, 1.82) is 0 Å². The summed E-state index contributed by atoms with van der Waals surface area (Å²) in [5, 5.41) is 0. The summed E-state index contributed by atoms with van der Waals surface area (Å²) < 4.78 is 0. The molecule has 0 bridgehead atoms. The van der Waals surface area contributed by atoms with Crippen molar-refractivity contribution in [3.05, 3.63) is 23.3 Å². The molecule has 76 valence electrons. The van der Waals surface area contributed by atoms with Gasteiger partial charge in [-0.25, -0.2) is 0 Å². The minimum atomic E-state index is 0.829. The number of nitrogens with zero attached hydrogens (tertiary/aromatic N) is 1. The monoisotopic (exact) mass is 190 g/mol. The van der Waals surface area contributed by atoms with Crippen molar-refractivity contribution in [2.45, 2.75) is 20.8 Å². The van der Waals surface area contributed by atoms with Crippen LogP contribution in [0.25, 0.3) is 0 Å². The summed E-state index contributed by atoms with van der Waals surface area (Å²) in [5.41, 5.74) is 10.7. The molecule has 2 N–H and O–H groups in total. The average Bonchev–Trinajstić information content (AvgIpc) is 2.09. The Morgan fingerprint density at radius 1 is 1.29 bits per heavy atom. The molecule has 1 aliphatic rings. The number of aryl methyl sites for hydroxylation is 1. The maximum absolute atomic E-state index is 5.91. The first-order chi connectivity index (χ1) is 6.59. The zero-order chi connectivity index (χ0) is 10.3. The zero-order valence-corrected chi connectivity index (χ0v) is 9.17. The summed E-state index contributed by atoms with van der Waals surface area (Å²) in [4.78, 5) is 2.42. The maximum Gasteiger partial charge on any atom is 0.0446 e. The van der Waals surface area contributed by atoms with Crippen LogP contribution in [0.1, 0.15) is 18.1 Å². The highest BCUT2D eigenvalue weighted by Crippen LogP contribution is 2.33. The second-order valence-electron chi connectivity index (χ2n) is 4.46. The third-order valence-electron chi connectivity index (χ3n) is 3.05. The van der Waals surface area contributed by atoms with Crippen molar-refractivity contribution in [3.63, 3.8) is 0 Å². The quantitative estimate of drug-likeness (QED) is 0.689. The lowest BCUT2D eigenvalue weighted by atomic mass is 9.97. The summed E-state index contributed by atoms with van der Waals surface area (Å²) in [6, 6.07) is 4.11. The van der Waals surface area contributed by atoms with Gasteiger partial charge in [0, 0.05) is 24.5 Å². The van der Waals surface area contributed by atoms with E-state index in [0.29, 0.717) is 0 Å². The summed E-state index contributed by atoms with van der Waals surface area (Å²) in [6.07, 6.45) is 0. The topological polar surface area (TPSA) is 29.3 Å². The first-order valence-electron chi connectivity index (χ1n) is 5.20. The van der Waals surface area contributed by atoms with E-state index in [2.05, 4.69) is 31.7 Å². The molecule has 1 saturated heterocycles. The normalized spacial score (nSPS) is 16.9. The van der Waals surface area contributed by atoms with Crippen LogP contribution in [0.4, 0.5) is 11.4 Å². The Bertz CT molecular complexity index is 352. The summed E-state index contributed by atoms with van der Waals surface area (Å²) in [6.45, 7) is 8.90. The molecule has 1 heterocycles. The van der Waals surface area contributed by atoms with Gasteiger partial charge in [-0.2, -0.15) is 0 Å².